The summed E-state index contributed by atoms with van der Waals surface area (Å²) in [4.78, 5) is 12.0. The molecule has 0 bridgehead atoms. The summed E-state index contributed by atoms with van der Waals surface area (Å²) >= 11 is 0. The first kappa shape index (κ1) is 18.2. The lowest BCUT2D eigenvalue weighted by atomic mass is 10.2. The Labute approximate surface area is 141 Å². The third kappa shape index (κ3) is 4.04. The number of nitrogens with one attached hydrogen (secondary N) is 2. The van der Waals surface area contributed by atoms with Gasteiger partial charge in [0.1, 0.15) is 0 Å². The third-order valence-corrected chi connectivity index (χ3v) is 3.56. The number of amides is 1. The Morgan fingerprint density at radius 3 is 2.83 bits per heavy atom. The fraction of sp³-hybridized carbons (Fsp3) is 0.357. The van der Waals surface area contributed by atoms with Crippen molar-refractivity contribution in [1.29, 1.82) is 0 Å². The van der Waals surface area contributed by atoms with Crippen LogP contribution in [0.2, 0.25) is 0 Å². The van der Waals surface area contributed by atoms with Gasteiger partial charge in [0.15, 0.2) is 5.69 Å². The summed E-state index contributed by atoms with van der Waals surface area (Å²) in [5.74, 6) is -0.392. The highest BCUT2D eigenvalue weighted by Crippen LogP contribution is 2.30. The number of hydrogen-bond acceptors (Lipinski definition) is 4. The van der Waals surface area contributed by atoms with Crippen LogP contribution in [-0.2, 0) is 6.18 Å². The molecule has 1 aliphatic heterocycles. The Hall–Kier alpha value is -2.13. The van der Waals surface area contributed by atoms with Crippen molar-refractivity contribution in [3.63, 3.8) is 0 Å². The molecule has 2 aromatic rings. The Morgan fingerprint density at radius 1 is 1.38 bits per heavy atom. The molecular formula is C14H15ClF3N5O. The Bertz CT molecular complexity index is 712. The molecule has 1 saturated heterocycles. The standard InChI is InChI=1S/C14H14F3N5O.ClH/c15-14(16,17)9-2-1-3-11(6-9)22-8-12(20-21-22)13(23)19-10-4-5-18-7-10;/h1-3,6,8,10,18H,4-5,7H2,(H,19,23);1H. The monoisotopic (exact) mass is 361 g/mol. The van der Waals surface area contributed by atoms with Gasteiger partial charge in [0.05, 0.1) is 17.4 Å². The number of benzene rings is 1. The van der Waals surface area contributed by atoms with Crippen LogP contribution in [0.15, 0.2) is 30.5 Å². The minimum atomic E-state index is -4.44. The van der Waals surface area contributed by atoms with Gasteiger partial charge in [0.2, 0.25) is 0 Å². The quantitative estimate of drug-likeness (QED) is 0.874. The largest absolute Gasteiger partial charge is 0.416 e. The molecule has 2 N–H and O–H groups in total. The van der Waals surface area contributed by atoms with Crippen molar-refractivity contribution >= 4 is 18.3 Å². The van der Waals surface area contributed by atoms with E-state index in [4.69, 9.17) is 0 Å². The van der Waals surface area contributed by atoms with Gasteiger partial charge >= 0.3 is 6.18 Å². The van der Waals surface area contributed by atoms with Crippen LogP contribution in [0.5, 0.6) is 0 Å². The van der Waals surface area contributed by atoms with Crippen molar-refractivity contribution in [3.05, 3.63) is 41.7 Å². The zero-order valence-electron chi connectivity index (χ0n) is 12.4. The van der Waals surface area contributed by atoms with Crippen LogP contribution in [0.4, 0.5) is 13.2 Å². The van der Waals surface area contributed by atoms with Gasteiger partial charge in [-0.1, -0.05) is 11.3 Å². The van der Waals surface area contributed by atoms with E-state index in [1.54, 1.807) is 0 Å². The van der Waals surface area contributed by atoms with Crippen molar-refractivity contribution in [2.45, 2.75) is 18.6 Å². The van der Waals surface area contributed by atoms with Gasteiger partial charge in [-0.3, -0.25) is 4.79 Å². The van der Waals surface area contributed by atoms with Crippen LogP contribution in [0.1, 0.15) is 22.5 Å². The van der Waals surface area contributed by atoms with Crippen LogP contribution < -0.4 is 10.6 Å². The van der Waals surface area contributed by atoms with Gasteiger partial charge < -0.3 is 10.6 Å². The fourth-order valence-electron chi connectivity index (χ4n) is 2.36. The van der Waals surface area contributed by atoms with Crippen LogP contribution in [0.25, 0.3) is 5.69 Å². The van der Waals surface area contributed by atoms with Crippen LogP contribution in [0.3, 0.4) is 0 Å². The highest BCUT2D eigenvalue weighted by atomic mass is 35.5. The molecule has 1 aromatic carbocycles. The second-order valence-corrected chi connectivity index (χ2v) is 5.26. The SMILES string of the molecule is Cl.O=C(NC1CCNC1)c1cn(-c2cccc(C(F)(F)F)c2)nn1. The number of hydrogen-bond donors (Lipinski definition) is 2. The molecular weight excluding hydrogens is 347 g/mol. The normalized spacial score (nSPS) is 17.4. The summed E-state index contributed by atoms with van der Waals surface area (Å²) in [5, 5.41) is 13.4. The van der Waals surface area contributed by atoms with E-state index < -0.39 is 17.6 Å². The van der Waals surface area contributed by atoms with E-state index >= 15 is 0 Å². The van der Waals surface area contributed by atoms with Crippen molar-refractivity contribution < 1.29 is 18.0 Å². The molecule has 0 radical (unpaired) electrons. The van der Waals surface area contributed by atoms with Gasteiger partial charge in [0, 0.05) is 12.6 Å². The predicted molar refractivity (Wildman–Crippen MR) is 82.3 cm³/mol. The molecule has 0 aliphatic carbocycles. The van der Waals surface area contributed by atoms with E-state index in [0.717, 1.165) is 29.8 Å². The van der Waals surface area contributed by atoms with Gasteiger partial charge in [-0.25, -0.2) is 4.68 Å². The average molecular weight is 362 g/mol. The number of nitrogens with zero attached hydrogens (tertiary/aromatic N) is 3. The minimum absolute atomic E-state index is 0. The third-order valence-electron chi connectivity index (χ3n) is 3.56. The topological polar surface area (TPSA) is 71.8 Å². The highest BCUT2D eigenvalue weighted by molar-refractivity contribution is 5.92. The van der Waals surface area contributed by atoms with E-state index in [2.05, 4.69) is 20.9 Å². The minimum Gasteiger partial charge on any atom is -0.347 e. The zero-order chi connectivity index (χ0) is 16.4. The van der Waals surface area contributed by atoms with Crippen molar-refractivity contribution in [2.75, 3.05) is 13.1 Å². The van der Waals surface area contributed by atoms with Crippen LogP contribution >= 0.6 is 12.4 Å². The lowest BCUT2D eigenvalue weighted by Crippen LogP contribution is -2.36. The molecule has 2 heterocycles. The number of halogens is 4. The number of carbonyl (C=O) groups is 1. The van der Waals surface area contributed by atoms with E-state index in [9.17, 15) is 18.0 Å². The fourth-order valence-corrected chi connectivity index (χ4v) is 2.36. The zero-order valence-corrected chi connectivity index (χ0v) is 13.2. The van der Waals surface area contributed by atoms with E-state index in [-0.39, 0.29) is 29.8 Å². The number of carbonyl (C=O) groups excluding carboxylic acids is 1. The molecule has 1 aliphatic rings. The van der Waals surface area contributed by atoms with Gasteiger partial charge in [-0.2, -0.15) is 13.2 Å². The van der Waals surface area contributed by atoms with E-state index in [0.29, 0.717) is 6.54 Å². The molecule has 24 heavy (non-hydrogen) atoms. The van der Waals surface area contributed by atoms with Gasteiger partial charge in [-0.05, 0) is 31.2 Å². The summed E-state index contributed by atoms with van der Waals surface area (Å²) in [6.07, 6.45) is -2.30. The number of aromatic nitrogens is 3. The molecule has 0 saturated carbocycles. The summed E-state index contributed by atoms with van der Waals surface area (Å²) in [7, 11) is 0. The van der Waals surface area contributed by atoms with Crippen molar-refractivity contribution in [2.24, 2.45) is 0 Å². The molecule has 3 rings (SSSR count). The van der Waals surface area contributed by atoms with Crippen LogP contribution in [0, 0.1) is 0 Å². The maximum atomic E-state index is 12.7. The van der Waals surface area contributed by atoms with Gasteiger partial charge in [-0.15, -0.1) is 17.5 Å². The molecule has 1 aromatic heterocycles. The van der Waals surface area contributed by atoms with Crippen molar-refractivity contribution in [1.82, 2.24) is 25.6 Å². The molecule has 0 spiro atoms. The van der Waals surface area contributed by atoms with Crippen LogP contribution in [-0.4, -0.2) is 40.0 Å². The number of alkyl halides is 3. The molecule has 1 fully saturated rings. The second kappa shape index (κ2) is 7.18. The molecule has 10 heteroatoms. The van der Waals surface area contributed by atoms with Gasteiger partial charge in [0.25, 0.3) is 5.91 Å². The molecule has 1 atom stereocenters. The first-order valence-electron chi connectivity index (χ1n) is 7.05. The summed E-state index contributed by atoms with van der Waals surface area (Å²) in [5.41, 5.74) is -0.531. The first-order chi connectivity index (χ1) is 10.9. The lowest BCUT2D eigenvalue weighted by Gasteiger charge is -2.09. The van der Waals surface area contributed by atoms with E-state index in [1.165, 1.54) is 18.3 Å². The highest BCUT2D eigenvalue weighted by Gasteiger charge is 2.30. The summed E-state index contributed by atoms with van der Waals surface area (Å²) in [6.45, 7) is 1.52. The smallest absolute Gasteiger partial charge is 0.347 e. The molecule has 1 unspecified atom stereocenters. The summed E-state index contributed by atoms with van der Waals surface area (Å²) < 4.78 is 39.3. The molecule has 6 nitrogen and oxygen atoms in total. The Kier molecular flexibility index (Phi) is 5.45. The van der Waals surface area contributed by atoms with E-state index in [1.807, 2.05) is 0 Å². The summed E-state index contributed by atoms with van der Waals surface area (Å²) in [6, 6.07) is 4.70. The predicted octanol–water partition coefficient (Wildman–Crippen LogP) is 1.80. The lowest BCUT2D eigenvalue weighted by molar-refractivity contribution is -0.137. The second-order valence-electron chi connectivity index (χ2n) is 5.26. The number of rotatable bonds is 3. The molecule has 130 valence electrons. The maximum absolute atomic E-state index is 12.7. The Morgan fingerprint density at radius 2 is 2.17 bits per heavy atom. The molecule has 1 amide bonds. The Balaban J connectivity index is 0.00000208. The maximum Gasteiger partial charge on any atom is 0.416 e. The first-order valence-corrected chi connectivity index (χ1v) is 7.05. The van der Waals surface area contributed by atoms with Crippen molar-refractivity contribution in [3.8, 4) is 5.69 Å². The average Bonchev–Trinajstić information content (AvgIpc) is 3.17.